The average molecular weight is 335 g/mol. The van der Waals surface area contributed by atoms with Crippen molar-refractivity contribution in [1.29, 1.82) is 0 Å². The molecule has 0 aliphatic rings. The smallest absolute Gasteiger partial charge is 0.252 e. The molecule has 3 nitrogen and oxygen atoms in total. The van der Waals surface area contributed by atoms with Crippen molar-refractivity contribution in [3.8, 4) is 0 Å². The Kier molecular flexibility index (Phi) is 5.63. The number of hydroxylamine groups is 2. The maximum atomic E-state index is 11.9. The van der Waals surface area contributed by atoms with Gasteiger partial charge in [-0.15, -0.1) is 0 Å². The summed E-state index contributed by atoms with van der Waals surface area (Å²) in [4.78, 5) is 11.9. The Morgan fingerprint density at radius 2 is 2.06 bits per heavy atom. The lowest BCUT2D eigenvalue weighted by Gasteiger charge is -2.26. The van der Waals surface area contributed by atoms with Crippen LogP contribution >= 0.6 is 27.5 Å². The maximum Gasteiger partial charge on any atom is 0.252 e. The summed E-state index contributed by atoms with van der Waals surface area (Å²) in [5, 5.41) is 11.7. The Morgan fingerprint density at radius 3 is 2.61 bits per heavy atom. The van der Waals surface area contributed by atoms with Gasteiger partial charge in [-0.25, -0.2) is 5.06 Å². The van der Waals surface area contributed by atoms with Crippen LogP contribution in [0.3, 0.4) is 0 Å². The number of hydrogen-bond acceptors (Lipinski definition) is 2. The molecular formula is C13H17BrClNO2. The number of alkyl halides is 1. The van der Waals surface area contributed by atoms with Crippen molar-refractivity contribution in [3.05, 3.63) is 34.9 Å². The maximum absolute atomic E-state index is 11.9. The third-order valence-corrected chi connectivity index (χ3v) is 4.47. The van der Waals surface area contributed by atoms with E-state index in [1.165, 1.54) is 0 Å². The van der Waals surface area contributed by atoms with Crippen LogP contribution in [0.1, 0.15) is 19.4 Å². The summed E-state index contributed by atoms with van der Waals surface area (Å²) in [6, 6.07) is 7.41. The molecule has 0 saturated carbocycles. The molecule has 5 heteroatoms. The van der Waals surface area contributed by atoms with E-state index in [-0.39, 0.29) is 12.5 Å². The Balaban J connectivity index is 2.59. The highest BCUT2D eigenvalue weighted by atomic mass is 79.9. The van der Waals surface area contributed by atoms with Gasteiger partial charge < -0.3 is 0 Å². The van der Waals surface area contributed by atoms with E-state index in [4.69, 9.17) is 11.6 Å². The van der Waals surface area contributed by atoms with Crippen LogP contribution in [-0.4, -0.2) is 28.1 Å². The van der Waals surface area contributed by atoms with Crippen LogP contribution in [0.2, 0.25) is 5.02 Å². The summed E-state index contributed by atoms with van der Waals surface area (Å²) in [7, 11) is 0. The number of benzene rings is 1. The zero-order chi connectivity index (χ0) is 13.8. The van der Waals surface area contributed by atoms with Gasteiger partial charge in [0.1, 0.15) is 0 Å². The predicted octanol–water partition coefficient (Wildman–Crippen LogP) is 3.52. The minimum absolute atomic E-state index is 0.235. The third-order valence-electron chi connectivity index (χ3n) is 2.70. The van der Waals surface area contributed by atoms with Gasteiger partial charge in [-0.1, -0.05) is 59.6 Å². The van der Waals surface area contributed by atoms with Crippen molar-refractivity contribution < 1.29 is 10.0 Å². The Bertz CT molecular complexity index is 423. The van der Waals surface area contributed by atoms with E-state index >= 15 is 0 Å². The van der Waals surface area contributed by atoms with Crippen LogP contribution in [0.15, 0.2) is 24.3 Å². The summed E-state index contributed by atoms with van der Waals surface area (Å²) >= 11 is 9.28. The topological polar surface area (TPSA) is 40.5 Å². The highest BCUT2D eigenvalue weighted by Gasteiger charge is 2.30. The Labute approximate surface area is 121 Å². The minimum atomic E-state index is -0.616. The molecule has 1 aromatic carbocycles. The second-order valence-electron chi connectivity index (χ2n) is 4.79. The summed E-state index contributed by atoms with van der Waals surface area (Å²) in [5.41, 5.74) is 0.303. The average Bonchev–Trinajstić information content (AvgIpc) is 2.36. The van der Waals surface area contributed by atoms with Crippen LogP contribution in [0.4, 0.5) is 0 Å². The second kappa shape index (κ2) is 6.55. The fraction of sp³-hybridized carbons (Fsp3) is 0.462. The number of carbonyl (C=O) groups is 1. The lowest BCUT2D eigenvalue weighted by molar-refractivity contribution is -0.174. The first-order valence-electron chi connectivity index (χ1n) is 5.68. The summed E-state index contributed by atoms with van der Waals surface area (Å²) in [6.07, 6.45) is 0.528. The normalized spacial score (nSPS) is 11.4. The van der Waals surface area contributed by atoms with E-state index < -0.39 is 5.41 Å². The van der Waals surface area contributed by atoms with E-state index in [9.17, 15) is 10.0 Å². The number of halogens is 2. The molecule has 0 saturated heterocycles. The Hall–Kier alpha value is -0.580. The molecule has 1 rings (SSSR count). The van der Waals surface area contributed by atoms with Gasteiger partial charge in [0.15, 0.2) is 0 Å². The SMILES string of the molecule is CC(C)(CBr)C(=O)N(O)CCc1ccccc1Cl. The fourth-order valence-electron chi connectivity index (χ4n) is 1.44. The highest BCUT2D eigenvalue weighted by Crippen LogP contribution is 2.21. The summed E-state index contributed by atoms with van der Waals surface area (Å²) < 4.78 is 0. The van der Waals surface area contributed by atoms with E-state index in [0.717, 1.165) is 10.6 Å². The van der Waals surface area contributed by atoms with E-state index in [1.54, 1.807) is 19.9 Å². The molecule has 1 N–H and O–H groups in total. The molecule has 0 bridgehead atoms. The second-order valence-corrected chi connectivity index (χ2v) is 5.76. The van der Waals surface area contributed by atoms with Crippen molar-refractivity contribution in [3.63, 3.8) is 0 Å². The minimum Gasteiger partial charge on any atom is -0.286 e. The van der Waals surface area contributed by atoms with Crippen LogP contribution < -0.4 is 0 Å². The van der Waals surface area contributed by atoms with Gasteiger partial charge in [0.25, 0.3) is 5.91 Å². The molecule has 18 heavy (non-hydrogen) atoms. The predicted molar refractivity (Wildman–Crippen MR) is 76.2 cm³/mol. The number of nitrogens with zero attached hydrogens (tertiary/aromatic N) is 1. The first-order chi connectivity index (χ1) is 8.38. The molecule has 1 aromatic rings. The van der Waals surface area contributed by atoms with Crippen LogP contribution in [-0.2, 0) is 11.2 Å². The molecule has 1 amide bonds. The van der Waals surface area contributed by atoms with E-state index in [1.807, 2.05) is 18.2 Å². The van der Waals surface area contributed by atoms with Gasteiger partial charge in [0.05, 0.1) is 12.0 Å². The lowest BCUT2D eigenvalue weighted by atomic mass is 9.95. The Morgan fingerprint density at radius 1 is 1.44 bits per heavy atom. The number of amides is 1. The zero-order valence-electron chi connectivity index (χ0n) is 10.5. The molecular weight excluding hydrogens is 318 g/mol. The van der Waals surface area contributed by atoms with Gasteiger partial charge in [-0.2, -0.15) is 0 Å². The van der Waals surface area contributed by atoms with E-state index in [0.29, 0.717) is 16.8 Å². The first-order valence-corrected chi connectivity index (χ1v) is 7.18. The fourth-order valence-corrected chi connectivity index (χ4v) is 1.91. The monoisotopic (exact) mass is 333 g/mol. The van der Waals surface area contributed by atoms with Crippen molar-refractivity contribution in [2.45, 2.75) is 20.3 Å². The lowest BCUT2D eigenvalue weighted by Crippen LogP contribution is -2.40. The molecule has 0 aliphatic heterocycles. The van der Waals surface area contributed by atoms with Gasteiger partial charge in [0, 0.05) is 10.4 Å². The standard InChI is InChI=1S/C13H17BrClNO2/c1-13(2,9-14)12(17)16(18)8-7-10-5-3-4-6-11(10)15/h3-6,18H,7-9H2,1-2H3. The summed E-state index contributed by atoms with van der Waals surface area (Å²) in [5.74, 6) is -0.300. The number of rotatable bonds is 5. The zero-order valence-corrected chi connectivity index (χ0v) is 12.8. The molecule has 0 spiro atoms. The number of carbonyl (C=O) groups excluding carboxylic acids is 1. The number of hydrogen-bond donors (Lipinski definition) is 1. The molecule has 100 valence electrons. The van der Waals surface area contributed by atoms with E-state index in [2.05, 4.69) is 15.9 Å². The first kappa shape index (κ1) is 15.5. The molecule has 0 aromatic heterocycles. The van der Waals surface area contributed by atoms with Gasteiger partial charge in [-0.05, 0) is 18.1 Å². The molecule has 0 fully saturated rings. The van der Waals surface area contributed by atoms with Crippen molar-refractivity contribution in [2.24, 2.45) is 5.41 Å². The van der Waals surface area contributed by atoms with Crippen LogP contribution in [0.5, 0.6) is 0 Å². The molecule has 0 heterocycles. The quantitative estimate of drug-likeness (QED) is 0.508. The van der Waals surface area contributed by atoms with Gasteiger partial charge in [0.2, 0.25) is 0 Å². The van der Waals surface area contributed by atoms with Gasteiger partial charge >= 0.3 is 0 Å². The summed E-state index contributed by atoms with van der Waals surface area (Å²) in [6.45, 7) is 3.80. The molecule has 0 radical (unpaired) electrons. The highest BCUT2D eigenvalue weighted by molar-refractivity contribution is 9.09. The molecule has 0 unspecified atom stereocenters. The van der Waals surface area contributed by atoms with Crippen molar-refractivity contribution in [2.75, 3.05) is 11.9 Å². The molecule has 0 atom stereocenters. The molecule has 0 aliphatic carbocycles. The van der Waals surface area contributed by atoms with Crippen molar-refractivity contribution >= 4 is 33.4 Å². The van der Waals surface area contributed by atoms with Gasteiger partial charge in [-0.3, -0.25) is 10.0 Å². The van der Waals surface area contributed by atoms with Crippen LogP contribution in [0.25, 0.3) is 0 Å². The largest absolute Gasteiger partial charge is 0.286 e. The third kappa shape index (κ3) is 3.97. The van der Waals surface area contributed by atoms with Crippen molar-refractivity contribution in [1.82, 2.24) is 5.06 Å². The van der Waals surface area contributed by atoms with Crippen LogP contribution in [0, 0.1) is 5.41 Å².